The van der Waals surface area contributed by atoms with Crippen molar-refractivity contribution >= 4 is 17.6 Å². The summed E-state index contributed by atoms with van der Waals surface area (Å²) in [6, 6.07) is 19.0. The van der Waals surface area contributed by atoms with E-state index in [1.807, 2.05) is 88.4 Å². The molecule has 3 aromatic rings. The minimum absolute atomic E-state index is 0.0115. The van der Waals surface area contributed by atoms with Crippen LogP contribution < -0.4 is 5.32 Å². The zero-order chi connectivity index (χ0) is 23.8. The molecule has 0 aliphatic heterocycles. The Morgan fingerprint density at radius 1 is 0.909 bits per heavy atom. The smallest absolute Gasteiger partial charge is 0.322 e. The molecule has 0 fully saturated rings. The summed E-state index contributed by atoms with van der Waals surface area (Å²) >= 11 is 0. The van der Waals surface area contributed by atoms with Crippen LogP contribution in [0.3, 0.4) is 0 Å². The van der Waals surface area contributed by atoms with Gasteiger partial charge in [-0.25, -0.2) is 4.79 Å². The van der Waals surface area contributed by atoms with Gasteiger partial charge in [-0.1, -0.05) is 56.3 Å². The van der Waals surface area contributed by atoms with Crippen molar-refractivity contribution in [3.8, 4) is 0 Å². The van der Waals surface area contributed by atoms with Crippen molar-refractivity contribution in [2.75, 3.05) is 18.4 Å². The third kappa shape index (κ3) is 6.97. The molecular formula is C27H33N3O3. The summed E-state index contributed by atoms with van der Waals surface area (Å²) in [7, 11) is 0. The average Bonchev–Trinajstić information content (AvgIpc) is 3.29. The number of nitrogens with one attached hydrogen (secondary N) is 1. The van der Waals surface area contributed by atoms with E-state index < -0.39 is 0 Å². The summed E-state index contributed by atoms with van der Waals surface area (Å²) < 4.78 is 5.49. The highest BCUT2D eigenvalue weighted by Crippen LogP contribution is 2.19. The Morgan fingerprint density at radius 3 is 2.33 bits per heavy atom. The molecule has 1 aromatic heterocycles. The molecule has 0 aliphatic rings. The number of rotatable bonds is 9. The van der Waals surface area contributed by atoms with E-state index in [4.69, 9.17) is 4.42 Å². The lowest BCUT2D eigenvalue weighted by molar-refractivity contribution is -0.133. The zero-order valence-corrected chi connectivity index (χ0v) is 19.9. The van der Waals surface area contributed by atoms with E-state index in [-0.39, 0.29) is 24.4 Å². The minimum atomic E-state index is -0.275. The van der Waals surface area contributed by atoms with Gasteiger partial charge >= 0.3 is 6.03 Å². The molecule has 0 bridgehead atoms. The number of hydrogen-bond donors (Lipinski definition) is 1. The summed E-state index contributed by atoms with van der Waals surface area (Å²) in [5.41, 5.74) is 3.91. The maximum Gasteiger partial charge on any atom is 0.322 e. The van der Waals surface area contributed by atoms with Crippen LogP contribution in [0.2, 0.25) is 0 Å². The molecule has 6 nitrogen and oxygen atoms in total. The number of aryl methyl sites for hydroxylation is 1. The van der Waals surface area contributed by atoms with Crippen LogP contribution >= 0.6 is 0 Å². The average molecular weight is 448 g/mol. The molecule has 2 aromatic carbocycles. The number of carbonyl (C=O) groups excluding carboxylic acids is 2. The molecule has 0 aliphatic carbocycles. The Labute approximate surface area is 196 Å². The van der Waals surface area contributed by atoms with Crippen LogP contribution in [0.25, 0.3) is 0 Å². The first-order chi connectivity index (χ1) is 15.8. The van der Waals surface area contributed by atoms with Gasteiger partial charge in [0.25, 0.3) is 0 Å². The van der Waals surface area contributed by atoms with Gasteiger partial charge in [-0.05, 0) is 54.7 Å². The molecule has 0 unspecified atom stereocenters. The first kappa shape index (κ1) is 24.1. The second-order valence-corrected chi connectivity index (χ2v) is 8.77. The largest absolute Gasteiger partial charge is 0.467 e. The fourth-order valence-corrected chi connectivity index (χ4v) is 3.63. The molecule has 1 heterocycles. The van der Waals surface area contributed by atoms with Crippen molar-refractivity contribution in [1.82, 2.24) is 9.80 Å². The molecular weight excluding hydrogens is 414 g/mol. The number of hydrogen-bond acceptors (Lipinski definition) is 3. The number of anilines is 1. The van der Waals surface area contributed by atoms with Crippen molar-refractivity contribution in [1.29, 1.82) is 0 Å². The maximum absolute atomic E-state index is 13.4. The fourth-order valence-electron chi connectivity index (χ4n) is 3.63. The highest BCUT2D eigenvalue weighted by Gasteiger charge is 2.23. The van der Waals surface area contributed by atoms with Crippen LogP contribution in [0, 0.1) is 19.8 Å². The van der Waals surface area contributed by atoms with E-state index in [0.29, 0.717) is 25.4 Å². The molecule has 33 heavy (non-hydrogen) atoms. The molecule has 0 spiro atoms. The molecule has 0 atom stereocenters. The molecule has 0 saturated heterocycles. The van der Waals surface area contributed by atoms with Gasteiger partial charge < -0.3 is 19.5 Å². The van der Waals surface area contributed by atoms with Gasteiger partial charge in [0.15, 0.2) is 0 Å². The molecule has 174 valence electrons. The minimum Gasteiger partial charge on any atom is -0.467 e. The van der Waals surface area contributed by atoms with Gasteiger partial charge in [0, 0.05) is 18.8 Å². The van der Waals surface area contributed by atoms with Crippen molar-refractivity contribution in [2.24, 2.45) is 5.92 Å². The quantitative estimate of drug-likeness (QED) is 0.463. The standard InChI is InChI=1S/C27H33N3O3/c1-20(2)16-30(27(32)28-25-14-8-10-21(3)22(25)4)19-26(31)29(18-24-13-9-15-33-24)17-23-11-6-5-7-12-23/h5-15,20H,16-19H2,1-4H3,(H,28,32). The number of carbonyl (C=O) groups is 2. The van der Waals surface area contributed by atoms with Crippen molar-refractivity contribution in [3.63, 3.8) is 0 Å². The van der Waals surface area contributed by atoms with Crippen molar-refractivity contribution < 1.29 is 14.0 Å². The van der Waals surface area contributed by atoms with E-state index in [9.17, 15) is 9.59 Å². The summed E-state index contributed by atoms with van der Waals surface area (Å²) in [5.74, 6) is 0.788. The Hall–Kier alpha value is -3.54. The zero-order valence-electron chi connectivity index (χ0n) is 19.9. The fraction of sp³-hybridized carbons (Fsp3) is 0.333. The third-order valence-corrected chi connectivity index (χ3v) is 5.54. The van der Waals surface area contributed by atoms with Gasteiger partial charge in [-0.15, -0.1) is 0 Å². The van der Waals surface area contributed by atoms with Crippen LogP contribution in [0.1, 0.15) is 36.3 Å². The van der Waals surface area contributed by atoms with E-state index in [1.165, 1.54) is 0 Å². The Bertz CT molecular complexity index is 1050. The number of benzene rings is 2. The summed E-state index contributed by atoms with van der Waals surface area (Å²) in [5, 5.41) is 2.99. The molecule has 6 heteroatoms. The third-order valence-electron chi connectivity index (χ3n) is 5.54. The first-order valence-corrected chi connectivity index (χ1v) is 11.3. The monoisotopic (exact) mass is 447 g/mol. The first-order valence-electron chi connectivity index (χ1n) is 11.3. The molecule has 3 rings (SSSR count). The van der Waals surface area contributed by atoms with Gasteiger partial charge in [0.1, 0.15) is 12.3 Å². The number of furan rings is 1. The van der Waals surface area contributed by atoms with E-state index in [2.05, 4.69) is 5.32 Å². The lowest BCUT2D eigenvalue weighted by Gasteiger charge is -2.29. The second kappa shape index (κ2) is 11.4. The van der Waals surface area contributed by atoms with Crippen molar-refractivity contribution in [3.05, 3.63) is 89.4 Å². The lowest BCUT2D eigenvalue weighted by atomic mass is 10.1. The molecule has 3 amide bonds. The predicted octanol–water partition coefficient (Wildman–Crippen LogP) is 5.62. The molecule has 1 N–H and O–H groups in total. The number of urea groups is 1. The SMILES string of the molecule is Cc1cccc(NC(=O)N(CC(=O)N(Cc2ccccc2)Cc2ccco2)CC(C)C)c1C. The van der Waals surface area contributed by atoms with Crippen LogP contribution in [0.15, 0.2) is 71.3 Å². The van der Waals surface area contributed by atoms with E-state index in [0.717, 1.165) is 22.4 Å². The molecule has 0 saturated carbocycles. The lowest BCUT2D eigenvalue weighted by Crippen LogP contribution is -2.45. The normalized spacial score (nSPS) is 10.8. The van der Waals surface area contributed by atoms with Gasteiger partial charge in [-0.2, -0.15) is 0 Å². The Kier molecular flexibility index (Phi) is 8.30. The Morgan fingerprint density at radius 2 is 1.67 bits per heavy atom. The highest BCUT2D eigenvalue weighted by molar-refractivity contribution is 5.93. The van der Waals surface area contributed by atoms with Crippen LogP contribution in [0.5, 0.6) is 0 Å². The molecule has 0 radical (unpaired) electrons. The van der Waals surface area contributed by atoms with Crippen LogP contribution in [0.4, 0.5) is 10.5 Å². The summed E-state index contributed by atoms with van der Waals surface area (Å²) in [4.78, 5) is 29.9. The van der Waals surface area contributed by atoms with E-state index >= 15 is 0 Å². The Balaban J connectivity index is 1.77. The predicted molar refractivity (Wildman–Crippen MR) is 131 cm³/mol. The van der Waals surface area contributed by atoms with Gasteiger partial charge in [0.2, 0.25) is 5.91 Å². The highest BCUT2D eigenvalue weighted by atomic mass is 16.3. The van der Waals surface area contributed by atoms with Crippen LogP contribution in [-0.4, -0.2) is 34.8 Å². The van der Waals surface area contributed by atoms with E-state index in [1.54, 1.807) is 16.1 Å². The van der Waals surface area contributed by atoms with Crippen molar-refractivity contribution in [2.45, 2.75) is 40.8 Å². The van der Waals surface area contributed by atoms with Gasteiger partial charge in [0.05, 0.1) is 12.8 Å². The summed E-state index contributed by atoms with van der Waals surface area (Å²) in [6.07, 6.45) is 1.60. The number of nitrogens with zero attached hydrogens (tertiary/aromatic N) is 2. The van der Waals surface area contributed by atoms with Gasteiger partial charge in [-0.3, -0.25) is 4.79 Å². The maximum atomic E-state index is 13.4. The van der Waals surface area contributed by atoms with Crippen LogP contribution in [-0.2, 0) is 17.9 Å². The second-order valence-electron chi connectivity index (χ2n) is 8.77. The topological polar surface area (TPSA) is 65.8 Å². The number of amides is 3. The summed E-state index contributed by atoms with van der Waals surface area (Å²) in [6.45, 7) is 9.30.